The van der Waals surface area contributed by atoms with E-state index in [2.05, 4.69) is 23.5 Å². The van der Waals surface area contributed by atoms with Crippen LogP contribution in [0.4, 0.5) is 5.69 Å². The van der Waals surface area contributed by atoms with Gasteiger partial charge in [-0.05, 0) is 67.5 Å². The number of hydrogen-bond donors (Lipinski definition) is 3. The van der Waals surface area contributed by atoms with Gasteiger partial charge in [-0.25, -0.2) is 0 Å². The van der Waals surface area contributed by atoms with E-state index in [1.807, 2.05) is 6.92 Å². The maximum absolute atomic E-state index is 9.61. The Morgan fingerprint density at radius 2 is 1.71 bits per heavy atom. The summed E-state index contributed by atoms with van der Waals surface area (Å²) in [5, 5.41) is 22.7. The first kappa shape index (κ1) is 13.8. The first-order valence-electron chi connectivity index (χ1n) is 7.54. The lowest BCUT2D eigenvalue weighted by molar-refractivity contribution is 0.448. The molecule has 3 N–H and O–H groups in total. The third-order valence-electron chi connectivity index (χ3n) is 4.19. The minimum absolute atomic E-state index is 0.0245. The van der Waals surface area contributed by atoms with Gasteiger partial charge in [-0.2, -0.15) is 0 Å². The van der Waals surface area contributed by atoms with E-state index >= 15 is 0 Å². The Balaban J connectivity index is 1.86. The maximum atomic E-state index is 9.61. The zero-order chi connectivity index (χ0) is 14.8. The highest BCUT2D eigenvalue weighted by molar-refractivity contribution is 5.57. The van der Waals surface area contributed by atoms with Crippen molar-refractivity contribution in [2.75, 3.05) is 5.32 Å². The van der Waals surface area contributed by atoms with Gasteiger partial charge >= 0.3 is 0 Å². The fourth-order valence-electron chi connectivity index (χ4n) is 3.10. The van der Waals surface area contributed by atoms with Crippen molar-refractivity contribution in [2.24, 2.45) is 0 Å². The molecule has 0 saturated carbocycles. The van der Waals surface area contributed by atoms with Gasteiger partial charge in [0.25, 0.3) is 0 Å². The lowest BCUT2D eigenvalue weighted by Crippen LogP contribution is -2.11. The van der Waals surface area contributed by atoms with E-state index < -0.39 is 0 Å². The van der Waals surface area contributed by atoms with Gasteiger partial charge in [0.1, 0.15) is 11.5 Å². The van der Waals surface area contributed by atoms with Gasteiger partial charge in [0.2, 0.25) is 0 Å². The zero-order valence-corrected chi connectivity index (χ0v) is 12.3. The van der Waals surface area contributed by atoms with Gasteiger partial charge < -0.3 is 15.5 Å². The number of hydrogen-bond acceptors (Lipinski definition) is 3. The van der Waals surface area contributed by atoms with Gasteiger partial charge in [-0.15, -0.1) is 0 Å². The molecule has 0 heterocycles. The molecule has 110 valence electrons. The molecular weight excluding hydrogens is 262 g/mol. The van der Waals surface area contributed by atoms with E-state index in [-0.39, 0.29) is 17.5 Å². The Hall–Kier alpha value is -2.16. The number of phenolic OH excluding ortho intramolecular Hbond substituents is 2. The minimum Gasteiger partial charge on any atom is -0.508 e. The fraction of sp³-hybridized carbons (Fsp3) is 0.333. The average Bonchev–Trinajstić information content (AvgIpc) is 2.46. The molecule has 0 aromatic heterocycles. The Morgan fingerprint density at radius 3 is 2.48 bits per heavy atom. The molecule has 1 aliphatic rings. The lowest BCUT2D eigenvalue weighted by Gasteiger charge is -2.23. The molecule has 0 fully saturated rings. The molecule has 0 amide bonds. The highest BCUT2D eigenvalue weighted by Crippen LogP contribution is 2.32. The van der Waals surface area contributed by atoms with Crippen LogP contribution in [0.15, 0.2) is 36.4 Å². The molecule has 0 bridgehead atoms. The Morgan fingerprint density at radius 1 is 1.00 bits per heavy atom. The number of aryl methyl sites for hydroxylation is 1. The van der Waals surface area contributed by atoms with Crippen LogP contribution in [0.5, 0.6) is 11.5 Å². The van der Waals surface area contributed by atoms with Gasteiger partial charge in [0.15, 0.2) is 0 Å². The predicted octanol–water partition coefficient (Wildman–Crippen LogP) is 4.15. The van der Waals surface area contributed by atoms with Crippen LogP contribution in [-0.2, 0) is 12.8 Å². The van der Waals surface area contributed by atoms with Crippen molar-refractivity contribution in [3.05, 3.63) is 53.1 Å². The number of benzene rings is 2. The normalized spacial score (nSPS) is 15.3. The quantitative estimate of drug-likeness (QED) is 0.793. The number of anilines is 1. The van der Waals surface area contributed by atoms with Gasteiger partial charge in [0, 0.05) is 17.8 Å². The van der Waals surface area contributed by atoms with Crippen molar-refractivity contribution in [3.8, 4) is 11.5 Å². The number of nitrogens with one attached hydrogen (secondary N) is 1. The van der Waals surface area contributed by atoms with Crippen LogP contribution in [-0.4, -0.2) is 10.2 Å². The molecule has 21 heavy (non-hydrogen) atoms. The van der Waals surface area contributed by atoms with Crippen molar-refractivity contribution in [2.45, 2.75) is 38.6 Å². The summed E-state index contributed by atoms with van der Waals surface area (Å²) in [6.45, 7) is 2.04. The molecule has 1 atom stereocenters. The summed E-state index contributed by atoms with van der Waals surface area (Å²) in [6, 6.07) is 11.2. The van der Waals surface area contributed by atoms with Crippen molar-refractivity contribution < 1.29 is 10.2 Å². The molecule has 3 heteroatoms. The summed E-state index contributed by atoms with van der Waals surface area (Å²) in [5.74, 6) is 0.183. The van der Waals surface area contributed by atoms with E-state index in [9.17, 15) is 10.2 Å². The summed E-state index contributed by atoms with van der Waals surface area (Å²) in [5.41, 5.74) is 4.90. The van der Waals surface area contributed by atoms with Crippen LogP contribution in [0.1, 0.15) is 42.5 Å². The van der Waals surface area contributed by atoms with Crippen molar-refractivity contribution in [1.29, 1.82) is 0 Å². The van der Waals surface area contributed by atoms with Crippen LogP contribution >= 0.6 is 0 Å². The van der Waals surface area contributed by atoms with Gasteiger partial charge in [-0.1, -0.05) is 12.1 Å². The molecule has 3 rings (SSSR count). The van der Waals surface area contributed by atoms with Crippen molar-refractivity contribution in [3.63, 3.8) is 0 Å². The van der Waals surface area contributed by atoms with Crippen molar-refractivity contribution in [1.82, 2.24) is 0 Å². The minimum atomic E-state index is 0.0245. The van der Waals surface area contributed by atoms with E-state index in [1.165, 1.54) is 35.7 Å². The summed E-state index contributed by atoms with van der Waals surface area (Å²) in [7, 11) is 0. The number of rotatable bonds is 3. The monoisotopic (exact) mass is 283 g/mol. The highest BCUT2D eigenvalue weighted by atomic mass is 16.3. The fourth-order valence-corrected chi connectivity index (χ4v) is 3.10. The molecule has 2 aromatic carbocycles. The van der Waals surface area contributed by atoms with Crippen LogP contribution < -0.4 is 5.32 Å². The van der Waals surface area contributed by atoms with Gasteiger partial charge in [0.05, 0.1) is 0 Å². The second kappa shape index (κ2) is 5.68. The third kappa shape index (κ3) is 2.97. The third-order valence-corrected chi connectivity index (χ3v) is 4.19. The Bertz CT molecular complexity index is 631. The van der Waals surface area contributed by atoms with E-state index in [1.54, 1.807) is 12.1 Å². The Labute approximate surface area is 125 Å². The van der Waals surface area contributed by atoms with E-state index in [0.717, 1.165) is 18.4 Å². The molecule has 0 spiro atoms. The molecular formula is C18H21NO2. The van der Waals surface area contributed by atoms with Crippen LogP contribution in [0.25, 0.3) is 0 Å². The standard InChI is InChI=1S/C18H21NO2/c1-12(14-9-15(20)11-16(21)10-14)19-18-8-4-6-13-5-2-3-7-17(13)18/h4,6,8-12,19-21H,2-3,5,7H2,1H3. The molecule has 2 aromatic rings. The smallest absolute Gasteiger partial charge is 0.119 e. The Kier molecular flexibility index (Phi) is 3.74. The molecule has 3 nitrogen and oxygen atoms in total. The summed E-state index contributed by atoms with van der Waals surface area (Å²) in [6.07, 6.45) is 4.79. The van der Waals surface area contributed by atoms with Gasteiger partial charge in [-0.3, -0.25) is 0 Å². The highest BCUT2D eigenvalue weighted by Gasteiger charge is 2.15. The first-order valence-corrected chi connectivity index (χ1v) is 7.54. The topological polar surface area (TPSA) is 52.5 Å². The zero-order valence-electron chi connectivity index (χ0n) is 12.3. The predicted molar refractivity (Wildman–Crippen MR) is 84.9 cm³/mol. The number of fused-ring (bicyclic) bond motifs is 1. The molecule has 1 unspecified atom stereocenters. The molecule has 1 aliphatic carbocycles. The van der Waals surface area contributed by atoms with E-state index in [4.69, 9.17) is 0 Å². The molecule has 0 radical (unpaired) electrons. The summed E-state index contributed by atoms with van der Waals surface area (Å²) >= 11 is 0. The summed E-state index contributed by atoms with van der Waals surface area (Å²) in [4.78, 5) is 0. The molecule has 0 aliphatic heterocycles. The number of aromatic hydroxyl groups is 2. The van der Waals surface area contributed by atoms with E-state index in [0.29, 0.717) is 0 Å². The van der Waals surface area contributed by atoms with Crippen LogP contribution in [0.3, 0.4) is 0 Å². The molecule has 0 saturated heterocycles. The second-order valence-electron chi connectivity index (χ2n) is 5.80. The second-order valence-corrected chi connectivity index (χ2v) is 5.80. The SMILES string of the molecule is CC(Nc1cccc2c1CCCC2)c1cc(O)cc(O)c1. The lowest BCUT2D eigenvalue weighted by atomic mass is 9.90. The summed E-state index contributed by atoms with van der Waals surface area (Å²) < 4.78 is 0. The van der Waals surface area contributed by atoms with Crippen LogP contribution in [0, 0.1) is 0 Å². The number of phenols is 2. The maximum Gasteiger partial charge on any atom is 0.119 e. The average molecular weight is 283 g/mol. The van der Waals surface area contributed by atoms with Crippen LogP contribution in [0.2, 0.25) is 0 Å². The first-order chi connectivity index (χ1) is 10.1. The largest absolute Gasteiger partial charge is 0.508 e. The van der Waals surface area contributed by atoms with Crippen molar-refractivity contribution >= 4 is 5.69 Å².